The first-order valence-electron chi connectivity index (χ1n) is 3.96. The molecule has 0 aromatic rings. The van der Waals surface area contributed by atoms with Crippen LogP contribution in [0.25, 0.3) is 0 Å². The van der Waals surface area contributed by atoms with Crippen molar-refractivity contribution in [3.8, 4) is 0 Å². The SMILES string of the molecule is CC(=O)CC(=O)O.CCNCC. The molecule has 0 atom stereocenters. The predicted molar refractivity (Wildman–Crippen MR) is 47.2 cm³/mol. The highest BCUT2D eigenvalue weighted by Crippen LogP contribution is 1.77. The fourth-order valence-electron chi connectivity index (χ4n) is 0.463. The van der Waals surface area contributed by atoms with Gasteiger partial charge in [-0.25, -0.2) is 0 Å². The Balaban J connectivity index is 0. The fraction of sp³-hybridized carbons (Fsp3) is 0.750. The van der Waals surface area contributed by atoms with Crippen molar-refractivity contribution in [1.82, 2.24) is 5.32 Å². The number of Topliss-reactive ketones (excluding diaryl/α,β-unsaturated/α-hetero) is 1. The molecule has 0 saturated carbocycles. The molecule has 0 rings (SSSR count). The van der Waals surface area contributed by atoms with Gasteiger partial charge in [0.15, 0.2) is 0 Å². The lowest BCUT2D eigenvalue weighted by Crippen LogP contribution is -2.09. The molecular weight excluding hydrogens is 158 g/mol. The van der Waals surface area contributed by atoms with E-state index in [1.807, 2.05) is 0 Å². The Bertz CT molecular complexity index is 120. The lowest BCUT2D eigenvalue weighted by molar-refractivity contribution is -0.139. The van der Waals surface area contributed by atoms with Gasteiger partial charge in [-0.2, -0.15) is 0 Å². The first-order valence-corrected chi connectivity index (χ1v) is 3.96. The number of rotatable bonds is 4. The zero-order valence-electron chi connectivity index (χ0n) is 7.89. The van der Waals surface area contributed by atoms with Crippen LogP contribution < -0.4 is 5.32 Å². The van der Waals surface area contributed by atoms with Crippen molar-refractivity contribution in [3.05, 3.63) is 0 Å². The maximum Gasteiger partial charge on any atom is 0.310 e. The van der Waals surface area contributed by atoms with E-state index in [1.54, 1.807) is 0 Å². The second-order valence-corrected chi connectivity index (χ2v) is 2.23. The number of nitrogens with one attached hydrogen (secondary N) is 1. The summed E-state index contributed by atoms with van der Waals surface area (Å²) >= 11 is 0. The van der Waals surface area contributed by atoms with E-state index in [9.17, 15) is 9.59 Å². The van der Waals surface area contributed by atoms with Crippen LogP contribution in [0.1, 0.15) is 27.2 Å². The van der Waals surface area contributed by atoms with Gasteiger partial charge in [0.1, 0.15) is 12.2 Å². The van der Waals surface area contributed by atoms with E-state index in [0.29, 0.717) is 0 Å². The summed E-state index contributed by atoms with van der Waals surface area (Å²) in [5.41, 5.74) is 0. The Morgan fingerprint density at radius 2 is 1.67 bits per heavy atom. The minimum atomic E-state index is -1.06. The molecule has 0 aliphatic rings. The maximum atomic E-state index is 9.87. The van der Waals surface area contributed by atoms with Gasteiger partial charge < -0.3 is 10.4 Å². The molecule has 0 bridgehead atoms. The van der Waals surface area contributed by atoms with Crippen LogP contribution in [0.5, 0.6) is 0 Å². The Morgan fingerprint density at radius 1 is 1.25 bits per heavy atom. The molecule has 0 heterocycles. The normalized spacial score (nSPS) is 8.25. The quantitative estimate of drug-likeness (QED) is 0.616. The summed E-state index contributed by atoms with van der Waals surface area (Å²) in [6.07, 6.45) is -0.361. The van der Waals surface area contributed by atoms with E-state index in [-0.39, 0.29) is 12.2 Å². The molecule has 0 aromatic carbocycles. The van der Waals surface area contributed by atoms with Crippen LogP contribution in [0.4, 0.5) is 0 Å². The van der Waals surface area contributed by atoms with Gasteiger partial charge in [-0.1, -0.05) is 13.8 Å². The van der Waals surface area contributed by atoms with E-state index in [0.717, 1.165) is 13.1 Å². The zero-order chi connectivity index (χ0) is 9.98. The molecule has 4 heteroatoms. The molecule has 0 aromatic heterocycles. The average Bonchev–Trinajstić information content (AvgIpc) is 1.87. The maximum absolute atomic E-state index is 9.87. The summed E-state index contributed by atoms with van der Waals surface area (Å²) < 4.78 is 0. The highest BCUT2D eigenvalue weighted by atomic mass is 16.4. The highest BCUT2D eigenvalue weighted by Gasteiger charge is 1.98. The van der Waals surface area contributed by atoms with Crippen molar-refractivity contribution in [1.29, 1.82) is 0 Å². The Morgan fingerprint density at radius 3 is 1.67 bits per heavy atom. The molecule has 0 aliphatic carbocycles. The lowest BCUT2D eigenvalue weighted by atomic mass is 10.3. The summed E-state index contributed by atoms with van der Waals surface area (Å²) in [5, 5.41) is 11.0. The third-order valence-corrected chi connectivity index (χ3v) is 0.900. The zero-order valence-corrected chi connectivity index (χ0v) is 7.89. The summed E-state index contributed by atoms with van der Waals surface area (Å²) in [7, 11) is 0. The summed E-state index contributed by atoms with van der Waals surface area (Å²) in [5.74, 6) is -1.37. The Hall–Kier alpha value is -0.900. The van der Waals surface area contributed by atoms with E-state index in [1.165, 1.54) is 6.92 Å². The lowest BCUT2D eigenvalue weighted by Gasteiger charge is -1.86. The summed E-state index contributed by atoms with van der Waals surface area (Å²) in [6.45, 7) is 7.63. The first kappa shape index (κ1) is 13.7. The van der Waals surface area contributed by atoms with Crippen LogP contribution in [-0.4, -0.2) is 29.9 Å². The van der Waals surface area contributed by atoms with Crippen LogP contribution in [0.2, 0.25) is 0 Å². The molecule has 12 heavy (non-hydrogen) atoms. The molecule has 2 N–H and O–H groups in total. The highest BCUT2D eigenvalue weighted by molar-refractivity contribution is 5.93. The Labute approximate surface area is 73.0 Å². The largest absolute Gasteiger partial charge is 0.481 e. The molecule has 0 amide bonds. The van der Waals surface area contributed by atoms with Crippen LogP contribution in [0.15, 0.2) is 0 Å². The van der Waals surface area contributed by atoms with Gasteiger partial charge in [0, 0.05) is 0 Å². The molecule has 0 fully saturated rings. The molecular formula is C8H17NO3. The molecule has 0 unspecified atom stereocenters. The molecule has 4 nitrogen and oxygen atoms in total. The predicted octanol–water partition coefficient (Wildman–Crippen LogP) is 0.666. The van der Waals surface area contributed by atoms with E-state index in [2.05, 4.69) is 19.2 Å². The number of carbonyl (C=O) groups excluding carboxylic acids is 1. The second kappa shape index (κ2) is 10.1. The van der Waals surface area contributed by atoms with E-state index in [4.69, 9.17) is 5.11 Å². The van der Waals surface area contributed by atoms with Crippen molar-refractivity contribution in [3.63, 3.8) is 0 Å². The second-order valence-electron chi connectivity index (χ2n) is 2.23. The van der Waals surface area contributed by atoms with Gasteiger partial charge in [-0.15, -0.1) is 0 Å². The van der Waals surface area contributed by atoms with Crippen molar-refractivity contribution in [2.24, 2.45) is 0 Å². The van der Waals surface area contributed by atoms with Crippen molar-refractivity contribution >= 4 is 11.8 Å². The Kier molecular flexibility index (Phi) is 11.5. The fourth-order valence-corrected chi connectivity index (χ4v) is 0.463. The third-order valence-electron chi connectivity index (χ3n) is 0.900. The molecule has 0 saturated heterocycles. The van der Waals surface area contributed by atoms with Crippen molar-refractivity contribution in [2.45, 2.75) is 27.2 Å². The number of carboxylic acid groups (broad SMARTS) is 1. The van der Waals surface area contributed by atoms with E-state index < -0.39 is 5.97 Å². The van der Waals surface area contributed by atoms with E-state index >= 15 is 0 Å². The van der Waals surface area contributed by atoms with Gasteiger partial charge in [0.05, 0.1) is 0 Å². The molecule has 0 radical (unpaired) electrons. The first-order chi connectivity index (χ1) is 5.54. The van der Waals surface area contributed by atoms with Gasteiger partial charge in [0.25, 0.3) is 0 Å². The summed E-state index contributed by atoms with van der Waals surface area (Å²) in [6, 6.07) is 0. The van der Waals surface area contributed by atoms with Gasteiger partial charge in [0.2, 0.25) is 0 Å². The minimum absolute atomic E-state index is 0.312. The third kappa shape index (κ3) is 23.0. The topological polar surface area (TPSA) is 66.4 Å². The van der Waals surface area contributed by atoms with Crippen molar-refractivity contribution < 1.29 is 14.7 Å². The number of ketones is 1. The summed E-state index contributed by atoms with van der Waals surface area (Å²) in [4.78, 5) is 19.5. The molecule has 0 spiro atoms. The van der Waals surface area contributed by atoms with Gasteiger partial charge in [-0.05, 0) is 20.0 Å². The van der Waals surface area contributed by atoms with Crippen LogP contribution >= 0.6 is 0 Å². The van der Waals surface area contributed by atoms with Crippen LogP contribution in [0, 0.1) is 0 Å². The van der Waals surface area contributed by atoms with Crippen molar-refractivity contribution in [2.75, 3.05) is 13.1 Å². The smallest absolute Gasteiger partial charge is 0.310 e. The number of aliphatic carboxylic acids is 1. The standard InChI is InChI=1S/C4H11N.C4H6O3/c1-3-5-4-2;1-3(5)2-4(6)7/h5H,3-4H2,1-2H3;2H2,1H3,(H,6,7). The van der Waals surface area contributed by atoms with Crippen LogP contribution in [-0.2, 0) is 9.59 Å². The number of hydrogen-bond donors (Lipinski definition) is 2. The van der Waals surface area contributed by atoms with Crippen LogP contribution in [0.3, 0.4) is 0 Å². The number of carbonyl (C=O) groups is 2. The number of carboxylic acids is 1. The average molecular weight is 175 g/mol. The monoisotopic (exact) mass is 175 g/mol. The molecule has 72 valence electrons. The number of hydrogen-bond acceptors (Lipinski definition) is 3. The van der Waals surface area contributed by atoms with Gasteiger partial charge >= 0.3 is 5.97 Å². The minimum Gasteiger partial charge on any atom is -0.481 e. The molecule has 0 aliphatic heterocycles. The van der Waals surface area contributed by atoms with Gasteiger partial charge in [-0.3, -0.25) is 9.59 Å².